The quantitative estimate of drug-likeness (QED) is 0.403. The smallest absolute Gasteiger partial charge is 0.320 e. The molecule has 3 nitrogen and oxygen atoms in total. The average Bonchev–Trinajstić information content (AvgIpc) is 1.64. The normalized spacial score (nSPS) is 14.0. The van der Waals surface area contributed by atoms with Crippen LogP contribution in [0, 0.1) is 5.92 Å². The van der Waals surface area contributed by atoms with E-state index in [-0.39, 0.29) is 5.92 Å². The molecule has 48 valence electrons. The summed E-state index contributed by atoms with van der Waals surface area (Å²) < 4.78 is 0. The van der Waals surface area contributed by atoms with Crippen molar-refractivity contribution in [2.24, 2.45) is 11.7 Å². The second-order valence-corrected chi connectivity index (χ2v) is 2.11. The number of rotatable bonds is 2. The number of nitrogens with two attached hydrogens (primary N) is 1. The van der Waals surface area contributed by atoms with Gasteiger partial charge in [-0.15, -0.1) is 0 Å². The summed E-state index contributed by atoms with van der Waals surface area (Å²) in [6.45, 7) is 3.55. The van der Waals surface area contributed by atoms with E-state index in [0.29, 0.717) is 0 Å². The Kier molecular flexibility index (Phi) is 2.48. The Balaban J connectivity index is 3.64. The molecule has 0 amide bonds. The van der Waals surface area contributed by atoms with E-state index < -0.39 is 12.0 Å². The van der Waals surface area contributed by atoms with Crippen molar-refractivity contribution in [3.63, 3.8) is 0 Å². The second kappa shape index (κ2) is 2.67. The fourth-order valence-corrected chi connectivity index (χ4v) is 0.285. The summed E-state index contributed by atoms with van der Waals surface area (Å²) in [5.74, 6) is -0.910. The van der Waals surface area contributed by atoms with Gasteiger partial charge in [0.2, 0.25) is 0 Å². The molecule has 0 aliphatic heterocycles. The molecule has 0 rings (SSSR count). The minimum absolute atomic E-state index is 0.0208. The first-order valence-corrected chi connectivity index (χ1v) is 2.54. The van der Waals surface area contributed by atoms with Gasteiger partial charge in [0.25, 0.3) is 0 Å². The van der Waals surface area contributed by atoms with Crippen LogP contribution in [0.4, 0.5) is 0 Å². The fourth-order valence-electron chi connectivity index (χ4n) is 0.285. The van der Waals surface area contributed by atoms with Crippen LogP contribution >= 0.6 is 0 Å². The number of carbonyl (C=O) groups is 1. The predicted molar refractivity (Wildman–Crippen MR) is 30.4 cm³/mol. The van der Waals surface area contributed by atoms with Gasteiger partial charge in [-0.1, -0.05) is 13.8 Å². The van der Waals surface area contributed by atoms with E-state index >= 15 is 0 Å². The lowest BCUT2D eigenvalue weighted by atomic mass is 11.1. The summed E-state index contributed by atoms with van der Waals surface area (Å²) in [5, 5.41) is 8.23. The average molecular weight is 123 g/mol. The van der Waals surface area contributed by atoms with Gasteiger partial charge in [0.1, 0.15) is 6.04 Å². The first kappa shape index (κ1) is 7.43. The minimum atomic E-state index is -0.931. The van der Waals surface area contributed by atoms with E-state index in [1.165, 1.54) is 0 Å². The van der Waals surface area contributed by atoms with Gasteiger partial charge in [-0.3, -0.25) is 4.79 Å². The highest BCUT2D eigenvalue weighted by Gasteiger charge is 2.14. The van der Waals surface area contributed by atoms with E-state index in [4.69, 9.17) is 10.8 Å². The molecule has 0 aliphatic carbocycles. The first-order valence-electron chi connectivity index (χ1n) is 2.54. The lowest BCUT2D eigenvalue weighted by Crippen LogP contribution is -2.34. The zero-order valence-corrected chi connectivity index (χ0v) is 5.09. The van der Waals surface area contributed by atoms with Crippen LogP contribution in [-0.2, 0) is 4.79 Å². The van der Waals surface area contributed by atoms with Gasteiger partial charge < -0.3 is 10.8 Å². The molecule has 0 heterocycles. The van der Waals surface area contributed by atoms with Gasteiger partial charge >= 0.3 is 5.97 Å². The van der Waals surface area contributed by atoms with Crippen LogP contribution in [0.25, 0.3) is 0 Å². The van der Waals surface area contributed by atoms with Gasteiger partial charge in [-0.05, 0) is 5.92 Å². The van der Waals surface area contributed by atoms with E-state index in [1.54, 1.807) is 13.8 Å². The molecule has 0 saturated carbocycles. The Bertz CT molecular complexity index is 90.4. The van der Waals surface area contributed by atoms with Crippen LogP contribution in [0.5, 0.6) is 0 Å². The monoisotopic (exact) mass is 123 g/mol. The third kappa shape index (κ3) is 1.93. The molecule has 3 heteroatoms. The maximum atomic E-state index is 10.0. The Morgan fingerprint density at radius 3 is 2.00 bits per heavy atom. The Morgan fingerprint density at radius 1 is 1.62 bits per heavy atom. The van der Waals surface area contributed by atoms with E-state index in [2.05, 4.69) is 0 Å². The predicted octanol–water partition coefficient (Wildman–Crippen LogP) is 0.0543. The summed E-state index contributed by atoms with van der Waals surface area (Å²) in [6, 6.07) is -0.713. The molecule has 3 N–H and O–H groups in total. The summed E-state index contributed by atoms with van der Waals surface area (Å²) in [6.07, 6.45) is 0. The van der Waals surface area contributed by atoms with Crippen LogP contribution in [0.15, 0.2) is 0 Å². The molecule has 0 unspecified atom stereocenters. The van der Waals surface area contributed by atoms with Gasteiger partial charge in [-0.2, -0.15) is 0 Å². The largest absolute Gasteiger partial charge is 0.480 e. The van der Waals surface area contributed by atoms with Crippen molar-refractivity contribution in [2.45, 2.75) is 19.9 Å². The van der Waals surface area contributed by atoms with Gasteiger partial charge in [-0.25, -0.2) is 0 Å². The van der Waals surface area contributed by atoms with Crippen molar-refractivity contribution in [3.05, 3.63) is 0 Å². The highest BCUT2D eigenvalue weighted by molar-refractivity contribution is 5.73. The lowest BCUT2D eigenvalue weighted by Gasteiger charge is -2.07. The number of aliphatic carboxylic acids is 1. The van der Waals surface area contributed by atoms with Crippen molar-refractivity contribution < 1.29 is 9.90 Å². The highest BCUT2D eigenvalue weighted by Crippen LogP contribution is 1.96. The van der Waals surface area contributed by atoms with Gasteiger partial charge in [0.15, 0.2) is 0 Å². The Hall–Kier alpha value is -0.570. The molecule has 0 spiro atoms. The highest BCUT2D eigenvalue weighted by atomic mass is 16.5. The van der Waals surface area contributed by atoms with Gasteiger partial charge in [0.05, 0.1) is 0 Å². The maximum Gasteiger partial charge on any atom is 0.320 e. The lowest BCUT2D eigenvalue weighted by molar-refractivity contribution is -0.139. The molecule has 1 atom stereocenters. The van der Waals surface area contributed by atoms with Crippen molar-refractivity contribution >= 4 is 5.97 Å². The molecule has 0 aromatic carbocycles. The summed E-state index contributed by atoms with van der Waals surface area (Å²) in [7, 11) is 0. The number of hydrogen-bond donors (Lipinski definition) is 2. The van der Waals surface area contributed by atoms with Crippen LogP contribution in [0.2, 0.25) is 0 Å². The molecule has 0 aromatic heterocycles. The van der Waals surface area contributed by atoms with Crippen molar-refractivity contribution in [1.29, 1.82) is 0 Å². The van der Waals surface area contributed by atoms with Crippen LogP contribution in [0.1, 0.15) is 13.8 Å². The zero-order valence-electron chi connectivity index (χ0n) is 5.09. The number of carboxylic acid groups (broad SMARTS) is 1. The van der Waals surface area contributed by atoms with Crippen LogP contribution in [-0.4, -0.2) is 17.1 Å². The summed E-state index contributed by atoms with van der Waals surface area (Å²) >= 11 is 0. The first-order chi connectivity index (χ1) is 3.55. The topological polar surface area (TPSA) is 63.3 Å². The fraction of sp³-hybridized carbons (Fsp3) is 0.800. The third-order valence-electron chi connectivity index (χ3n) is 1.00. The van der Waals surface area contributed by atoms with Crippen molar-refractivity contribution in [2.75, 3.05) is 0 Å². The molecule has 0 radical (unpaired) electrons. The molecular weight excluding hydrogens is 112 g/mol. The molecule has 0 aliphatic rings. The molecule has 0 bridgehead atoms. The van der Waals surface area contributed by atoms with Crippen molar-refractivity contribution in [3.8, 4) is 0 Å². The molecular formula is C5H11NO2. The molecule has 0 saturated heterocycles. The third-order valence-corrected chi connectivity index (χ3v) is 1.00. The summed E-state index contributed by atoms with van der Waals surface area (Å²) in [5.41, 5.74) is 5.16. The molecule has 0 aromatic rings. The van der Waals surface area contributed by atoms with E-state index in [0.717, 1.165) is 0 Å². The summed E-state index contributed by atoms with van der Waals surface area (Å²) in [4.78, 5) is 10.0. The number of carboxylic acids is 1. The van der Waals surface area contributed by atoms with Crippen LogP contribution < -0.4 is 5.73 Å². The van der Waals surface area contributed by atoms with Crippen molar-refractivity contribution in [1.82, 2.24) is 0 Å². The second-order valence-electron chi connectivity index (χ2n) is 2.11. The molecule has 8 heavy (non-hydrogen) atoms. The number of hydrogen-bond acceptors (Lipinski definition) is 2. The van der Waals surface area contributed by atoms with E-state index in [9.17, 15) is 4.79 Å². The minimum Gasteiger partial charge on any atom is -0.480 e. The Labute approximate surface area is 48.5 Å². The standard InChI is InChI=1S/C5H11NO2/c1-3(2)4(6)5(7)8/h3-4H,6H2,1-2H3,(H,7,8)/t4-/m1/s1/i1+1,2+1,3+1,4+1,5+1,6+1. The van der Waals surface area contributed by atoms with Crippen LogP contribution in [0.3, 0.4) is 0 Å². The molecule has 0 fully saturated rings. The Morgan fingerprint density at radius 2 is 2.00 bits per heavy atom. The van der Waals surface area contributed by atoms with Gasteiger partial charge in [0, 0.05) is 0 Å². The maximum absolute atomic E-state index is 10.0. The SMILES string of the molecule is [13CH3][13CH]([13CH3])[13C@@H]([15NH2])[13C](=O)O. The van der Waals surface area contributed by atoms with E-state index in [1.807, 2.05) is 0 Å². The zero-order chi connectivity index (χ0) is 6.73.